The van der Waals surface area contributed by atoms with Gasteiger partial charge in [-0.3, -0.25) is 0 Å². The summed E-state index contributed by atoms with van der Waals surface area (Å²) < 4.78 is 5.65. The van der Waals surface area contributed by atoms with Crippen molar-refractivity contribution in [1.82, 2.24) is 0 Å². The molecule has 0 saturated carbocycles. The Hall–Kier alpha value is -1.02. The highest BCUT2D eigenvalue weighted by Gasteiger charge is 2.07. The number of nitrogens with two attached hydrogens (primary N) is 1. The minimum Gasteiger partial charge on any atom is -0.494 e. The maximum atomic E-state index is 5.85. The highest BCUT2D eigenvalue weighted by atomic mass is 16.5. The standard InChI is InChI=1S/C14H23NO/c1-5-6-16-13-7-10(2)14(9-12(4)15)11(3)8-13/h7-8,12H,5-6,9,15H2,1-4H3. The van der Waals surface area contributed by atoms with E-state index in [1.54, 1.807) is 0 Å². The molecule has 0 spiro atoms. The molecule has 0 bridgehead atoms. The zero-order chi connectivity index (χ0) is 12.1. The molecule has 0 heterocycles. The number of hydrogen-bond acceptors (Lipinski definition) is 2. The van der Waals surface area contributed by atoms with Gasteiger partial charge in [0.1, 0.15) is 5.75 Å². The van der Waals surface area contributed by atoms with E-state index in [0.717, 1.165) is 25.2 Å². The van der Waals surface area contributed by atoms with Crippen LogP contribution in [0.4, 0.5) is 0 Å². The van der Waals surface area contributed by atoms with Gasteiger partial charge in [0.05, 0.1) is 6.61 Å². The van der Waals surface area contributed by atoms with Crippen molar-refractivity contribution < 1.29 is 4.74 Å². The van der Waals surface area contributed by atoms with Gasteiger partial charge in [-0.1, -0.05) is 6.92 Å². The molecule has 0 aliphatic heterocycles. The van der Waals surface area contributed by atoms with Crippen LogP contribution in [0.1, 0.15) is 37.0 Å². The summed E-state index contributed by atoms with van der Waals surface area (Å²) in [4.78, 5) is 0. The molecule has 0 aromatic heterocycles. The van der Waals surface area contributed by atoms with Gasteiger partial charge in [-0.25, -0.2) is 0 Å². The van der Waals surface area contributed by atoms with Crippen LogP contribution < -0.4 is 10.5 Å². The second kappa shape index (κ2) is 5.90. The first-order valence-corrected chi connectivity index (χ1v) is 6.03. The quantitative estimate of drug-likeness (QED) is 0.829. The lowest BCUT2D eigenvalue weighted by Crippen LogP contribution is -2.19. The lowest BCUT2D eigenvalue weighted by atomic mass is 9.97. The third kappa shape index (κ3) is 3.53. The van der Waals surface area contributed by atoms with Crippen molar-refractivity contribution in [3.05, 3.63) is 28.8 Å². The Balaban J connectivity index is 2.89. The first-order valence-electron chi connectivity index (χ1n) is 6.03. The highest BCUT2D eigenvalue weighted by molar-refractivity contribution is 5.41. The van der Waals surface area contributed by atoms with Crippen molar-refractivity contribution >= 4 is 0 Å². The molecule has 2 heteroatoms. The van der Waals surface area contributed by atoms with Gasteiger partial charge in [0.25, 0.3) is 0 Å². The van der Waals surface area contributed by atoms with Gasteiger partial charge in [0, 0.05) is 6.04 Å². The fourth-order valence-electron chi connectivity index (χ4n) is 1.90. The van der Waals surface area contributed by atoms with Gasteiger partial charge >= 0.3 is 0 Å². The molecule has 1 rings (SSSR count). The molecule has 0 fully saturated rings. The number of hydrogen-bond donors (Lipinski definition) is 1. The predicted molar refractivity (Wildman–Crippen MR) is 69.1 cm³/mol. The number of aryl methyl sites for hydroxylation is 2. The van der Waals surface area contributed by atoms with E-state index in [4.69, 9.17) is 10.5 Å². The molecular weight excluding hydrogens is 198 g/mol. The van der Waals surface area contributed by atoms with Crippen LogP contribution in [0.2, 0.25) is 0 Å². The van der Waals surface area contributed by atoms with Crippen molar-refractivity contribution in [3.8, 4) is 5.75 Å². The van der Waals surface area contributed by atoms with Crippen molar-refractivity contribution in [2.24, 2.45) is 5.73 Å². The van der Waals surface area contributed by atoms with Crippen LogP contribution in [0, 0.1) is 13.8 Å². The summed E-state index contributed by atoms with van der Waals surface area (Å²) in [6.07, 6.45) is 1.98. The van der Waals surface area contributed by atoms with Crippen LogP contribution in [0.15, 0.2) is 12.1 Å². The zero-order valence-electron chi connectivity index (χ0n) is 10.8. The number of ether oxygens (including phenoxy) is 1. The Bertz CT molecular complexity index is 322. The third-order valence-electron chi connectivity index (χ3n) is 2.67. The second-order valence-corrected chi connectivity index (χ2v) is 4.57. The zero-order valence-corrected chi connectivity index (χ0v) is 10.8. The summed E-state index contributed by atoms with van der Waals surface area (Å²) in [5.74, 6) is 0.977. The second-order valence-electron chi connectivity index (χ2n) is 4.57. The van der Waals surface area contributed by atoms with Gasteiger partial charge in [-0.15, -0.1) is 0 Å². The third-order valence-corrected chi connectivity index (χ3v) is 2.67. The van der Waals surface area contributed by atoms with Crippen LogP contribution in [-0.2, 0) is 6.42 Å². The normalized spacial score (nSPS) is 12.6. The topological polar surface area (TPSA) is 35.2 Å². The number of benzene rings is 1. The van der Waals surface area contributed by atoms with Gasteiger partial charge in [-0.2, -0.15) is 0 Å². The fraction of sp³-hybridized carbons (Fsp3) is 0.571. The summed E-state index contributed by atoms with van der Waals surface area (Å²) in [6.45, 7) is 9.20. The van der Waals surface area contributed by atoms with Crippen LogP contribution in [0.25, 0.3) is 0 Å². The molecule has 1 unspecified atom stereocenters. The van der Waals surface area contributed by atoms with Crippen molar-refractivity contribution in [1.29, 1.82) is 0 Å². The van der Waals surface area contributed by atoms with Crippen LogP contribution in [0.3, 0.4) is 0 Å². The van der Waals surface area contributed by atoms with Gasteiger partial charge in [-0.05, 0) is 62.4 Å². The van der Waals surface area contributed by atoms with E-state index in [2.05, 4.69) is 32.9 Å². The van der Waals surface area contributed by atoms with Crippen LogP contribution in [0.5, 0.6) is 5.75 Å². The van der Waals surface area contributed by atoms with E-state index in [1.807, 2.05) is 6.92 Å². The fourth-order valence-corrected chi connectivity index (χ4v) is 1.90. The summed E-state index contributed by atoms with van der Waals surface area (Å²) in [7, 11) is 0. The summed E-state index contributed by atoms with van der Waals surface area (Å²) in [6, 6.07) is 4.43. The Morgan fingerprint density at radius 1 is 1.25 bits per heavy atom. The Morgan fingerprint density at radius 2 is 1.81 bits per heavy atom. The van der Waals surface area contributed by atoms with Crippen LogP contribution >= 0.6 is 0 Å². The maximum absolute atomic E-state index is 5.85. The SMILES string of the molecule is CCCOc1cc(C)c(CC(C)N)c(C)c1. The predicted octanol–water partition coefficient (Wildman–Crippen LogP) is 2.98. The lowest BCUT2D eigenvalue weighted by Gasteiger charge is -2.14. The molecule has 2 N–H and O–H groups in total. The molecule has 16 heavy (non-hydrogen) atoms. The molecule has 0 radical (unpaired) electrons. The average molecular weight is 221 g/mol. The van der Waals surface area contributed by atoms with Crippen molar-refractivity contribution in [3.63, 3.8) is 0 Å². The molecule has 2 nitrogen and oxygen atoms in total. The number of rotatable bonds is 5. The van der Waals surface area contributed by atoms with E-state index in [9.17, 15) is 0 Å². The molecule has 0 saturated heterocycles. The molecule has 0 amide bonds. The Labute approximate surface area is 98.8 Å². The maximum Gasteiger partial charge on any atom is 0.119 e. The smallest absolute Gasteiger partial charge is 0.119 e. The Kier molecular flexibility index (Phi) is 4.81. The molecule has 90 valence electrons. The average Bonchev–Trinajstić information content (AvgIpc) is 2.20. The van der Waals surface area contributed by atoms with Gasteiger partial charge in [0.2, 0.25) is 0 Å². The van der Waals surface area contributed by atoms with E-state index in [1.165, 1.54) is 16.7 Å². The lowest BCUT2D eigenvalue weighted by molar-refractivity contribution is 0.317. The molecular formula is C14H23NO. The van der Waals surface area contributed by atoms with Crippen LogP contribution in [-0.4, -0.2) is 12.6 Å². The first-order chi connectivity index (χ1) is 7.54. The molecule has 0 aliphatic rings. The summed E-state index contributed by atoms with van der Waals surface area (Å²) >= 11 is 0. The summed E-state index contributed by atoms with van der Waals surface area (Å²) in [5.41, 5.74) is 9.77. The molecule has 1 aromatic rings. The first kappa shape index (κ1) is 13.0. The molecule has 1 aromatic carbocycles. The van der Waals surface area contributed by atoms with Crippen molar-refractivity contribution in [2.75, 3.05) is 6.61 Å². The van der Waals surface area contributed by atoms with Gasteiger partial charge < -0.3 is 10.5 Å². The monoisotopic (exact) mass is 221 g/mol. The van der Waals surface area contributed by atoms with Crippen molar-refractivity contribution in [2.45, 2.75) is 46.6 Å². The minimum absolute atomic E-state index is 0.208. The van der Waals surface area contributed by atoms with E-state index in [0.29, 0.717) is 0 Å². The Morgan fingerprint density at radius 3 is 2.25 bits per heavy atom. The van der Waals surface area contributed by atoms with Gasteiger partial charge in [0.15, 0.2) is 0 Å². The van der Waals surface area contributed by atoms with E-state index in [-0.39, 0.29) is 6.04 Å². The van der Waals surface area contributed by atoms with E-state index >= 15 is 0 Å². The molecule has 1 atom stereocenters. The largest absolute Gasteiger partial charge is 0.494 e. The molecule has 0 aliphatic carbocycles. The van der Waals surface area contributed by atoms with E-state index < -0.39 is 0 Å². The minimum atomic E-state index is 0.208. The summed E-state index contributed by atoms with van der Waals surface area (Å²) in [5, 5.41) is 0. The highest BCUT2D eigenvalue weighted by Crippen LogP contribution is 2.23.